The maximum absolute atomic E-state index is 13.5. The van der Waals surface area contributed by atoms with Gasteiger partial charge in [-0.05, 0) is 55.0 Å². The molecule has 3 aromatic carbocycles. The van der Waals surface area contributed by atoms with Gasteiger partial charge in [-0.1, -0.05) is 24.3 Å². The minimum Gasteiger partial charge on any atom is -0.495 e. The number of hydrogen-bond donors (Lipinski definition) is 1. The van der Waals surface area contributed by atoms with Crippen LogP contribution in [0.25, 0.3) is 0 Å². The first-order chi connectivity index (χ1) is 16.4. The molecule has 0 atom stereocenters. The smallest absolute Gasteiger partial charge is 0.262 e. The van der Waals surface area contributed by atoms with Gasteiger partial charge in [0.2, 0.25) is 0 Å². The predicted octanol–water partition coefficient (Wildman–Crippen LogP) is 4.52. The Bertz CT molecular complexity index is 1150. The van der Waals surface area contributed by atoms with Crippen LogP contribution in [0.2, 0.25) is 0 Å². The summed E-state index contributed by atoms with van der Waals surface area (Å²) < 4.78 is 29.7. The predicted molar refractivity (Wildman–Crippen MR) is 127 cm³/mol. The lowest BCUT2D eigenvalue weighted by Crippen LogP contribution is -2.30. The normalized spacial score (nSPS) is 10.4. The molecule has 0 aliphatic heterocycles. The second-order valence-corrected chi connectivity index (χ2v) is 7.35. The van der Waals surface area contributed by atoms with Crippen LogP contribution in [0.1, 0.15) is 22.8 Å². The minimum absolute atomic E-state index is 0.231. The van der Waals surface area contributed by atoms with Gasteiger partial charge in [-0.3, -0.25) is 9.59 Å². The molecule has 2 amide bonds. The van der Waals surface area contributed by atoms with Crippen molar-refractivity contribution in [3.8, 4) is 17.2 Å². The average Bonchev–Trinajstić information content (AvgIpc) is 2.85. The molecular formula is C26H27FN2O5. The number of nitrogens with one attached hydrogen (secondary N) is 1. The van der Waals surface area contributed by atoms with Gasteiger partial charge in [0.05, 0.1) is 19.9 Å². The molecule has 178 valence electrons. The molecule has 0 aliphatic carbocycles. The van der Waals surface area contributed by atoms with E-state index in [-0.39, 0.29) is 30.8 Å². The van der Waals surface area contributed by atoms with Gasteiger partial charge in [0, 0.05) is 18.7 Å². The molecule has 34 heavy (non-hydrogen) atoms. The van der Waals surface area contributed by atoms with E-state index in [4.69, 9.17) is 14.2 Å². The van der Waals surface area contributed by atoms with E-state index in [1.54, 1.807) is 59.5 Å². The zero-order chi connectivity index (χ0) is 24.5. The largest absolute Gasteiger partial charge is 0.495 e. The molecule has 0 fully saturated rings. The Morgan fingerprint density at radius 2 is 1.68 bits per heavy atom. The fourth-order valence-corrected chi connectivity index (χ4v) is 3.36. The molecule has 8 heteroatoms. The van der Waals surface area contributed by atoms with Gasteiger partial charge in [0.25, 0.3) is 11.8 Å². The number of nitrogens with zero attached hydrogens (tertiary/aromatic N) is 1. The number of ether oxygens (including phenoxy) is 3. The zero-order valence-corrected chi connectivity index (χ0v) is 19.3. The average molecular weight is 467 g/mol. The second kappa shape index (κ2) is 11.7. The Labute approximate surface area is 198 Å². The minimum atomic E-state index is -0.376. The number of anilines is 1. The lowest BCUT2D eigenvalue weighted by Gasteiger charge is -2.22. The molecule has 0 bridgehead atoms. The molecule has 0 aliphatic rings. The SMILES string of the molecule is CCN(Cc1cccc(F)c1)C(=O)c1ccc(OCC(=O)Nc2ccccc2OC)c(OC)c1. The van der Waals surface area contributed by atoms with E-state index in [0.29, 0.717) is 40.6 Å². The number of hydrogen-bond acceptors (Lipinski definition) is 5. The third kappa shape index (κ3) is 6.25. The summed E-state index contributed by atoms with van der Waals surface area (Å²) in [6, 6.07) is 17.9. The molecule has 0 heterocycles. The van der Waals surface area contributed by atoms with E-state index in [0.717, 1.165) is 0 Å². The second-order valence-electron chi connectivity index (χ2n) is 7.35. The fraction of sp³-hybridized carbons (Fsp3) is 0.231. The summed E-state index contributed by atoms with van der Waals surface area (Å²) in [7, 11) is 2.97. The van der Waals surface area contributed by atoms with Gasteiger partial charge in [-0.2, -0.15) is 0 Å². The van der Waals surface area contributed by atoms with Crippen LogP contribution in [-0.4, -0.2) is 44.1 Å². The Morgan fingerprint density at radius 1 is 0.912 bits per heavy atom. The van der Waals surface area contributed by atoms with Gasteiger partial charge in [0.1, 0.15) is 11.6 Å². The number of para-hydroxylation sites is 2. The molecule has 3 rings (SSSR count). The molecule has 3 aromatic rings. The van der Waals surface area contributed by atoms with Crippen molar-refractivity contribution < 1.29 is 28.2 Å². The topological polar surface area (TPSA) is 77.1 Å². The summed E-state index contributed by atoms with van der Waals surface area (Å²) in [5.74, 6) is 0.221. The van der Waals surface area contributed by atoms with E-state index in [9.17, 15) is 14.0 Å². The van der Waals surface area contributed by atoms with Crippen molar-refractivity contribution in [1.29, 1.82) is 0 Å². The van der Waals surface area contributed by atoms with Crippen molar-refractivity contribution in [3.63, 3.8) is 0 Å². The number of carbonyl (C=O) groups excluding carboxylic acids is 2. The fourth-order valence-electron chi connectivity index (χ4n) is 3.36. The summed E-state index contributed by atoms with van der Waals surface area (Å²) in [6.07, 6.45) is 0. The van der Waals surface area contributed by atoms with E-state index < -0.39 is 0 Å². The van der Waals surface area contributed by atoms with Crippen LogP contribution in [-0.2, 0) is 11.3 Å². The molecule has 0 spiro atoms. The van der Waals surface area contributed by atoms with Crippen LogP contribution in [0.3, 0.4) is 0 Å². The summed E-state index contributed by atoms with van der Waals surface area (Å²) >= 11 is 0. The first kappa shape index (κ1) is 24.6. The summed E-state index contributed by atoms with van der Waals surface area (Å²) in [4.78, 5) is 27.0. The maximum atomic E-state index is 13.5. The third-order valence-electron chi connectivity index (χ3n) is 5.08. The van der Waals surface area contributed by atoms with Crippen molar-refractivity contribution >= 4 is 17.5 Å². The Balaban J connectivity index is 1.67. The number of methoxy groups -OCH3 is 2. The van der Waals surface area contributed by atoms with Crippen molar-refractivity contribution in [3.05, 3.63) is 83.7 Å². The Hall–Kier alpha value is -4.07. The molecule has 0 saturated carbocycles. The van der Waals surface area contributed by atoms with Gasteiger partial charge in [-0.15, -0.1) is 0 Å². The quantitative estimate of drug-likeness (QED) is 0.475. The molecule has 0 saturated heterocycles. The monoisotopic (exact) mass is 466 g/mol. The first-order valence-corrected chi connectivity index (χ1v) is 10.7. The summed E-state index contributed by atoms with van der Waals surface area (Å²) in [5.41, 5.74) is 1.62. The third-order valence-corrected chi connectivity index (χ3v) is 5.08. The highest BCUT2D eigenvalue weighted by Crippen LogP contribution is 2.29. The molecular weight excluding hydrogens is 439 g/mol. The zero-order valence-electron chi connectivity index (χ0n) is 19.3. The van der Waals surface area contributed by atoms with E-state index >= 15 is 0 Å². The number of halogens is 1. The van der Waals surface area contributed by atoms with E-state index in [2.05, 4.69) is 5.32 Å². The van der Waals surface area contributed by atoms with Crippen LogP contribution >= 0.6 is 0 Å². The van der Waals surface area contributed by atoms with Crippen molar-refractivity contribution in [2.75, 3.05) is 32.7 Å². The lowest BCUT2D eigenvalue weighted by molar-refractivity contribution is -0.118. The standard InChI is InChI=1S/C26H27FN2O5/c1-4-29(16-18-8-7-9-20(27)14-18)26(31)19-12-13-23(24(15-19)33-3)34-17-25(30)28-21-10-5-6-11-22(21)32-2/h5-15H,4,16-17H2,1-3H3,(H,28,30). The van der Waals surface area contributed by atoms with Gasteiger partial charge in [-0.25, -0.2) is 4.39 Å². The molecule has 0 aromatic heterocycles. The number of rotatable bonds is 10. The highest BCUT2D eigenvalue weighted by Gasteiger charge is 2.18. The molecule has 0 radical (unpaired) electrons. The van der Waals surface area contributed by atoms with E-state index in [1.165, 1.54) is 26.4 Å². The molecule has 0 unspecified atom stereocenters. The molecule has 1 N–H and O–H groups in total. The van der Waals surface area contributed by atoms with Crippen molar-refractivity contribution in [2.24, 2.45) is 0 Å². The number of benzene rings is 3. The van der Waals surface area contributed by atoms with E-state index in [1.807, 2.05) is 6.92 Å². The number of amides is 2. The lowest BCUT2D eigenvalue weighted by atomic mass is 10.1. The van der Waals surface area contributed by atoms with Crippen LogP contribution in [0, 0.1) is 5.82 Å². The molecule has 7 nitrogen and oxygen atoms in total. The highest BCUT2D eigenvalue weighted by atomic mass is 19.1. The first-order valence-electron chi connectivity index (χ1n) is 10.7. The van der Waals surface area contributed by atoms with Gasteiger partial charge < -0.3 is 24.4 Å². The van der Waals surface area contributed by atoms with Crippen LogP contribution in [0.5, 0.6) is 17.2 Å². The Kier molecular flexibility index (Phi) is 8.45. The Morgan fingerprint density at radius 3 is 2.38 bits per heavy atom. The van der Waals surface area contributed by atoms with Crippen molar-refractivity contribution in [1.82, 2.24) is 4.90 Å². The van der Waals surface area contributed by atoms with Gasteiger partial charge in [0.15, 0.2) is 18.1 Å². The van der Waals surface area contributed by atoms with Gasteiger partial charge >= 0.3 is 0 Å². The van der Waals surface area contributed by atoms with Crippen molar-refractivity contribution in [2.45, 2.75) is 13.5 Å². The van der Waals surface area contributed by atoms with Crippen LogP contribution < -0.4 is 19.5 Å². The van der Waals surface area contributed by atoms with Crippen LogP contribution in [0.15, 0.2) is 66.7 Å². The highest BCUT2D eigenvalue weighted by molar-refractivity contribution is 5.95. The summed E-state index contributed by atoms with van der Waals surface area (Å²) in [5, 5.41) is 2.73. The summed E-state index contributed by atoms with van der Waals surface area (Å²) in [6.45, 7) is 2.31. The maximum Gasteiger partial charge on any atom is 0.262 e. The number of carbonyl (C=O) groups is 2. The van der Waals surface area contributed by atoms with Crippen LogP contribution in [0.4, 0.5) is 10.1 Å².